The molecule has 3 amide bonds. The zero-order valence-electron chi connectivity index (χ0n) is 19.2. The standard InChI is InChI=1S/C19H31N9O7S/c20-10(2-1-3-24-19(21)22)15(31)26-11(4-9-6-23-8-25-9)16(32)28-13(7-36)17(33)27-12(18(34)35)5-14(29)30/h6,8,10-13,36H,1-5,7,20H2,(H,23,25)(H,26,31)(H,27,33)(H,28,32)(H,29,30)(H,34,35)(H4,21,22,24). The van der Waals surface area contributed by atoms with Crippen molar-refractivity contribution in [3.8, 4) is 0 Å². The van der Waals surface area contributed by atoms with Crippen molar-refractivity contribution >= 4 is 48.2 Å². The normalized spacial score (nSPS) is 13.9. The number of guanidine groups is 1. The lowest BCUT2D eigenvalue weighted by Crippen LogP contribution is -2.58. The summed E-state index contributed by atoms with van der Waals surface area (Å²) in [5, 5.41) is 24.9. The summed E-state index contributed by atoms with van der Waals surface area (Å²) in [6.07, 6.45) is 2.55. The molecule has 0 aliphatic rings. The van der Waals surface area contributed by atoms with E-state index in [1.165, 1.54) is 12.5 Å². The van der Waals surface area contributed by atoms with Crippen LogP contribution in [0.2, 0.25) is 0 Å². The molecule has 0 aliphatic carbocycles. The zero-order valence-corrected chi connectivity index (χ0v) is 20.1. The largest absolute Gasteiger partial charge is 0.481 e. The van der Waals surface area contributed by atoms with Gasteiger partial charge in [0.25, 0.3) is 0 Å². The Morgan fingerprint density at radius 1 is 1.03 bits per heavy atom. The summed E-state index contributed by atoms with van der Waals surface area (Å²) in [7, 11) is 0. The minimum atomic E-state index is -1.72. The average molecular weight is 530 g/mol. The summed E-state index contributed by atoms with van der Waals surface area (Å²) in [6.45, 7) is 0.263. The van der Waals surface area contributed by atoms with Gasteiger partial charge in [-0.1, -0.05) is 0 Å². The molecule has 0 saturated carbocycles. The van der Waals surface area contributed by atoms with Crippen molar-refractivity contribution in [1.29, 1.82) is 0 Å². The van der Waals surface area contributed by atoms with Gasteiger partial charge in [-0.05, 0) is 12.8 Å². The molecule has 0 radical (unpaired) electrons. The molecule has 4 atom stereocenters. The molecule has 4 unspecified atom stereocenters. The topological polar surface area (TPSA) is 281 Å². The SMILES string of the molecule is NC(N)=NCCCC(N)C(=O)NC(Cc1cnc[nH]1)C(=O)NC(CS)C(=O)NC(CC(=O)O)C(=O)O. The van der Waals surface area contributed by atoms with E-state index in [1.54, 1.807) is 0 Å². The summed E-state index contributed by atoms with van der Waals surface area (Å²) >= 11 is 4.00. The van der Waals surface area contributed by atoms with Crippen molar-refractivity contribution in [2.75, 3.05) is 12.3 Å². The number of carbonyl (C=O) groups is 5. The number of hydrogen-bond donors (Lipinski definition) is 10. The number of aliphatic imine (C=N–C) groups is 1. The Labute approximate surface area is 211 Å². The van der Waals surface area contributed by atoms with Crippen LogP contribution in [-0.4, -0.2) is 92.3 Å². The van der Waals surface area contributed by atoms with E-state index in [9.17, 15) is 24.0 Å². The summed E-state index contributed by atoms with van der Waals surface area (Å²) in [6, 6.07) is -5.21. The third-order valence-electron chi connectivity index (χ3n) is 4.73. The van der Waals surface area contributed by atoms with E-state index in [2.05, 4.69) is 38.2 Å². The third kappa shape index (κ3) is 11.0. The number of H-pyrrole nitrogens is 1. The van der Waals surface area contributed by atoms with Gasteiger partial charge in [-0.3, -0.25) is 24.2 Å². The molecule has 16 nitrogen and oxygen atoms in total. The van der Waals surface area contributed by atoms with Crippen LogP contribution >= 0.6 is 12.6 Å². The summed E-state index contributed by atoms with van der Waals surface area (Å²) in [5.41, 5.74) is 16.9. The van der Waals surface area contributed by atoms with Gasteiger partial charge in [0.2, 0.25) is 17.7 Å². The number of imidazole rings is 1. The highest BCUT2D eigenvalue weighted by Gasteiger charge is 2.30. The number of nitrogens with zero attached hydrogens (tertiary/aromatic N) is 2. The van der Waals surface area contributed by atoms with Crippen LogP contribution in [0.5, 0.6) is 0 Å². The number of thiol groups is 1. The van der Waals surface area contributed by atoms with Gasteiger partial charge in [0, 0.05) is 30.6 Å². The van der Waals surface area contributed by atoms with E-state index in [4.69, 9.17) is 27.4 Å². The Balaban J connectivity index is 2.88. The molecule has 0 bridgehead atoms. The number of hydrogen-bond acceptors (Lipinski definition) is 9. The first-order valence-electron chi connectivity index (χ1n) is 10.7. The molecule has 0 aliphatic heterocycles. The van der Waals surface area contributed by atoms with Crippen LogP contribution in [0.4, 0.5) is 0 Å². The maximum absolute atomic E-state index is 13.0. The fourth-order valence-corrected chi connectivity index (χ4v) is 3.13. The Hall–Kier alpha value is -3.86. The van der Waals surface area contributed by atoms with Crippen LogP contribution in [0, 0.1) is 0 Å². The first kappa shape index (κ1) is 30.2. The number of aromatic amines is 1. The Bertz CT molecular complexity index is 938. The molecule has 0 aromatic carbocycles. The van der Waals surface area contributed by atoms with Gasteiger partial charge in [0.1, 0.15) is 18.1 Å². The van der Waals surface area contributed by atoms with Crippen LogP contribution in [0.1, 0.15) is 25.0 Å². The molecule has 1 heterocycles. The highest BCUT2D eigenvalue weighted by Crippen LogP contribution is 2.04. The molecule has 0 fully saturated rings. The van der Waals surface area contributed by atoms with Gasteiger partial charge in [0.05, 0.1) is 18.8 Å². The number of carbonyl (C=O) groups excluding carboxylic acids is 3. The average Bonchev–Trinajstić information content (AvgIpc) is 3.31. The molecule has 17 heteroatoms. The van der Waals surface area contributed by atoms with Gasteiger partial charge in [-0.25, -0.2) is 9.78 Å². The maximum Gasteiger partial charge on any atom is 0.326 e. The number of amides is 3. The number of aliphatic carboxylic acids is 2. The lowest BCUT2D eigenvalue weighted by atomic mass is 10.1. The molecule has 200 valence electrons. The molecule has 36 heavy (non-hydrogen) atoms. The Kier molecular flexibility index (Phi) is 12.7. The quantitative estimate of drug-likeness (QED) is 0.0430. The number of nitrogens with two attached hydrogens (primary N) is 3. The minimum absolute atomic E-state index is 0.0318. The molecule has 1 aromatic rings. The molecule has 12 N–H and O–H groups in total. The summed E-state index contributed by atoms with van der Waals surface area (Å²) in [5.74, 6) is -5.73. The van der Waals surface area contributed by atoms with Crippen molar-refractivity contribution < 1.29 is 34.2 Å². The van der Waals surface area contributed by atoms with Crippen molar-refractivity contribution in [1.82, 2.24) is 25.9 Å². The van der Waals surface area contributed by atoms with E-state index in [0.29, 0.717) is 12.1 Å². The van der Waals surface area contributed by atoms with E-state index < -0.39 is 60.2 Å². The van der Waals surface area contributed by atoms with Crippen LogP contribution < -0.4 is 33.2 Å². The zero-order chi connectivity index (χ0) is 27.3. The first-order chi connectivity index (χ1) is 16.9. The molecular weight excluding hydrogens is 498 g/mol. The minimum Gasteiger partial charge on any atom is -0.481 e. The van der Waals surface area contributed by atoms with Gasteiger partial charge >= 0.3 is 11.9 Å². The number of rotatable bonds is 16. The van der Waals surface area contributed by atoms with Gasteiger partial charge in [-0.15, -0.1) is 0 Å². The maximum atomic E-state index is 13.0. The fourth-order valence-electron chi connectivity index (χ4n) is 2.87. The predicted molar refractivity (Wildman–Crippen MR) is 130 cm³/mol. The van der Waals surface area contributed by atoms with Crippen LogP contribution in [0.3, 0.4) is 0 Å². The third-order valence-corrected chi connectivity index (χ3v) is 5.09. The van der Waals surface area contributed by atoms with Crippen LogP contribution in [0.25, 0.3) is 0 Å². The Morgan fingerprint density at radius 2 is 1.64 bits per heavy atom. The second-order valence-corrected chi connectivity index (χ2v) is 8.00. The van der Waals surface area contributed by atoms with Crippen molar-refractivity contribution in [3.63, 3.8) is 0 Å². The van der Waals surface area contributed by atoms with E-state index in [0.717, 1.165) is 0 Å². The van der Waals surface area contributed by atoms with E-state index in [1.807, 2.05) is 5.32 Å². The van der Waals surface area contributed by atoms with Gasteiger partial charge in [-0.2, -0.15) is 12.6 Å². The Morgan fingerprint density at radius 3 is 2.17 bits per heavy atom. The lowest BCUT2D eigenvalue weighted by molar-refractivity contribution is -0.147. The molecular formula is C19H31N9O7S. The second kappa shape index (κ2) is 15.2. The molecule has 0 saturated heterocycles. The van der Waals surface area contributed by atoms with Crippen molar-refractivity contribution in [3.05, 3.63) is 18.2 Å². The summed E-state index contributed by atoms with van der Waals surface area (Å²) in [4.78, 5) is 70.6. The number of carboxylic acid groups (broad SMARTS) is 2. The highest BCUT2D eigenvalue weighted by molar-refractivity contribution is 7.80. The highest BCUT2D eigenvalue weighted by atomic mass is 32.1. The van der Waals surface area contributed by atoms with Gasteiger partial charge in [0.15, 0.2) is 5.96 Å². The smallest absolute Gasteiger partial charge is 0.326 e. The van der Waals surface area contributed by atoms with E-state index >= 15 is 0 Å². The predicted octanol–water partition coefficient (Wildman–Crippen LogP) is -3.72. The molecule has 0 spiro atoms. The second-order valence-electron chi connectivity index (χ2n) is 7.64. The van der Waals surface area contributed by atoms with E-state index in [-0.39, 0.29) is 31.1 Å². The van der Waals surface area contributed by atoms with Gasteiger partial charge < -0.3 is 48.3 Å². The number of nitrogens with one attached hydrogen (secondary N) is 4. The fraction of sp³-hybridized carbons (Fsp3) is 0.526. The molecule has 1 rings (SSSR count). The van der Waals surface area contributed by atoms with Crippen LogP contribution in [-0.2, 0) is 30.4 Å². The van der Waals surface area contributed by atoms with Crippen LogP contribution in [0.15, 0.2) is 17.5 Å². The van der Waals surface area contributed by atoms with Crippen molar-refractivity contribution in [2.45, 2.75) is 49.9 Å². The number of carboxylic acids is 2. The lowest BCUT2D eigenvalue weighted by Gasteiger charge is -2.24. The van der Waals surface area contributed by atoms with Crippen molar-refractivity contribution in [2.24, 2.45) is 22.2 Å². The molecule has 1 aromatic heterocycles. The number of aromatic nitrogens is 2. The monoisotopic (exact) mass is 529 g/mol. The first-order valence-corrected chi connectivity index (χ1v) is 11.3. The summed E-state index contributed by atoms with van der Waals surface area (Å²) < 4.78 is 0.